The van der Waals surface area contributed by atoms with Crippen molar-refractivity contribution >= 4 is 17.6 Å². The maximum atomic E-state index is 14.3. The Morgan fingerprint density at radius 1 is 1.20 bits per heavy atom. The van der Waals surface area contributed by atoms with E-state index in [1.54, 1.807) is 25.1 Å². The molecule has 0 amide bonds. The van der Waals surface area contributed by atoms with Crippen LogP contribution in [0.3, 0.4) is 0 Å². The van der Waals surface area contributed by atoms with E-state index >= 15 is 0 Å². The number of alkyl halides is 3. The molecule has 45 heavy (non-hydrogen) atoms. The molecule has 11 nitrogen and oxygen atoms in total. The third-order valence-electron chi connectivity index (χ3n) is 7.87. The van der Waals surface area contributed by atoms with Crippen LogP contribution < -0.4 is 10.6 Å². The smallest absolute Gasteiger partial charge is 0.345 e. The van der Waals surface area contributed by atoms with E-state index in [0.29, 0.717) is 47.3 Å². The van der Waals surface area contributed by atoms with Gasteiger partial charge in [-0.05, 0) is 42.3 Å². The van der Waals surface area contributed by atoms with Gasteiger partial charge in [-0.2, -0.15) is 14.0 Å². The number of aromatic nitrogens is 3. The number of likely N-dealkylation sites (N-methyl/N-ethyl adjacent to an activating group) is 1. The van der Waals surface area contributed by atoms with Gasteiger partial charge in [0.2, 0.25) is 5.95 Å². The van der Waals surface area contributed by atoms with E-state index in [0.717, 1.165) is 12.1 Å². The molecule has 1 aliphatic rings. The summed E-state index contributed by atoms with van der Waals surface area (Å²) in [5, 5.41) is 25.3. The first kappa shape index (κ1) is 33.4. The third kappa shape index (κ3) is 6.95. The van der Waals surface area contributed by atoms with Gasteiger partial charge < -0.3 is 19.1 Å². The predicted octanol–water partition coefficient (Wildman–Crippen LogP) is 3.32. The van der Waals surface area contributed by atoms with Gasteiger partial charge in [0, 0.05) is 23.4 Å². The van der Waals surface area contributed by atoms with Crippen LogP contribution in [0.15, 0.2) is 58.5 Å². The first-order valence-corrected chi connectivity index (χ1v) is 14.2. The molecular weight excluding hydrogens is 593 g/mol. The summed E-state index contributed by atoms with van der Waals surface area (Å²) in [4.78, 5) is 28.2. The Bertz CT molecular complexity index is 1680. The fourth-order valence-electron chi connectivity index (χ4n) is 5.38. The number of aliphatic hydroxyl groups is 1. The fourth-order valence-corrected chi connectivity index (χ4v) is 5.38. The van der Waals surface area contributed by atoms with Crippen LogP contribution in [0.2, 0.25) is 0 Å². The van der Waals surface area contributed by atoms with Crippen LogP contribution in [0.1, 0.15) is 35.2 Å². The molecule has 0 bridgehead atoms. The van der Waals surface area contributed by atoms with E-state index in [9.17, 15) is 28.0 Å². The number of carbonyl (C=O) groups is 1. The molecule has 0 saturated carbocycles. The van der Waals surface area contributed by atoms with Crippen LogP contribution in [-0.2, 0) is 26.6 Å². The Morgan fingerprint density at radius 2 is 1.96 bits per heavy atom. The van der Waals surface area contributed by atoms with Gasteiger partial charge in [0.25, 0.3) is 0 Å². The van der Waals surface area contributed by atoms with Crippen molar-refractivity contribution in [2.24, 2.45) is 0 Å². The number of hydrogen-bond acceptors (Lipinski definition) is 8. The minimum atomic E-state index is -3.75. The predicted molar refractivity (Wildman–Crippen MR) is 159 cm³/mol. The lowest BCUT2D eigenvalue weighted by Gasteiger charge is -2.36. The molecule has 1 atom stereocenters. The number of quaternary nitrogens is 1. The summed E-state index contributed by atoms with van der Waals surface area (Å²) in [5.41, 5.74) is 0.805. The lowest BCUT2D eigenvalue weighted by Crippen LogP contribution is -2.44. The monoisotopic (exact) mass is 629 g/mol. The number of carbonyl (C=O) groups excluding carboxylic acids is 1. The van der Waals surface area contributed by atoms with Gasteiger partial charge in [-0.15, -0.1) is 5.10 Å². The quantitative estimate of drug-likeness (QED) is 0.167. The summed E-state index contributed by atoms with van der Waals surface area (Å²) in [7, 11) is 5.22. The van der Waals surface area contributed by atoms with E-state index < -0.39 is 35.9 Å². The molecule has 1 aliphatic heterocycles. The van der Waals surface area contributed by atoms with Crippen LogP contribution in [0.25, 0.3) is 0 Å². The SMILES string of the molecule is COC(=O)C1=C(C)N(c2cccc(C(F)(F)CF)c2)c2n[nH]c(=O)n2[C@@H]1c1ccc(C#N)cc1CC[N+](C)(C)CCOCCO. The summed E-state index contributed by atoms with van der Waals surface area (Å²) in [6.45, 7) is 1.51. The maximum Gasteiger partial charge on any atom is 0.345 e. The van der Waals surface area contributed by atoms with Gasteiger partial charge in [-0.3, -0.25) is 4.90 Å². The Morgan fingerprint density at radius 3 is 2.62 bits per heavy atom. The number of methoxy groups -OCH3 is 1. The number of nitrogens with one attached hydrogen (secondary N) is 1. The van der Waals surface area contributed by atoms with Crippen molar-refractivity contribution in [2.45, 2.75) is 25.3 Å². The highest BCUT2D eigenvalue weighted by molar-refractivity contribution is 5.93. The lowest BCUT2D eigenvalue weighted by atomic mass is 9.89. The number of rotatable bonds is 13. The van der Waals surface area contributed by atoms with Crippen molar-refractivity contribution in [3.05, 3.63) is 86.5 Å². The first-order valence-electron chi connectivity index (χ1n) is 14.2. The summed E-state index contributed by atoms with van der Waals surface area (Å²) in [6, 6.07) is 11.1. The number of nitrogens with zero attached hydrogens (tertiary/aromatic N) is 5. The first-order chi connectivity index (χ1) is 21.4. The van der Waals surface area contributed by atoms with Gasteiger partial charge >= 0.3 is 17.6 Å². The van der Waals surface area contributed by atoms with Gasteiger partial charge in [-0.1, -0.05) is 18.2 Å². The normalized spacial score (nSPS) is 15.2. The van der Waals surface area contributed by atoms with Crippen molar-refractivity contribution in [1.82, 2.24) is 14.8 Å². The van der Waals surface area contributed by atoms with Crippen molar-refractivity contribution in [3.63, 3.8) is 0 Å². The second-order valence-corrected chi connectivity index (χ2v) is 11.3. The minimum absolute atomic E-state index is 0.0170. The zero-order valence-corrected chi connectivity index (χ0v) is 25.5. The zero-order valence-electron chi connectivity index (χ0n) is 25.5. The Hall–Kier alpha value is -4.45. The van der Waals surface area contributed by atoms with Gasteiger partial charge in [0.15, 0.2) is 6.67 Å². The largest absolute Gasteiger partial charge is 0.466 e. The number of esters is 1. The lowest BCUT2D eigenvalue weighted by molar-refractivity contribution is -0.890. The molecule has 1 aromatic heterocycles. The van der Waals surface area contributed by atoms with E-state index in [1.165, 1.54) is 28.7 Å². The van der Waals surface area contributed by atoms with E-state index in [4.69, 9.17) is 14.6 Å². The molecular formula is C31H36F3N6O5+. The molecule has 240 valence electrons. The highest BCUT2D eigenvalue weighted by atomic mass is 19.3. The summed E-state index contributed by atoms with van der Waals surface area (Å²) < 4.78 is 54.2. The number of hydrogen-bond donors (Lipinski definition) is 2. The Balaban J connectivity index is 1.86. The van der Waals surface area contributed by atoms with Gasteiger partial charge in [0.05, 0.1) is 64.8 Å². The van der Waals surface area contributed by atoms with Gasteiger partial charge in [-0.25, -0.2) is 23.6 Å². The molecule has 0 spiro atoms. The van der Waals surface area contributed by atoms with Crippen molar-refractivity contribution < 1.29 is 37.0 Å². The van der Waals surface area contributed by atoms with Crippen LogP contribution in [0.4, 0.5) is 24.8 Å². The van der Waals surface area contributed by atoms with Gasteiger partial charge in [0.1, 0.15) is 12.6 Å². The van der Waals surface area contributed by atoms with E-state index in [1.807, 2.05) is 14.1 Å². The Labute approximate surface area is 258 Å². The molecule has 2 heterocycles. The number of aromatic amines is 1. The maximum absolute atomic E-state index is 14.3. The number of benzene rings is 2. The molecule has 3 aromatic rings. The average molecular weight is 630 g/mol. The topological polar surface area (TPSA) is 133 Å². The number of anilines is 2. The molecule has 4 rings (SSSR count). The minimum Gasteiger partial charge on any atom is -0.466 e. The van der Waals surface area contributed by atoms with Crippen LogP contribution in [-0.4, -0.2) is 91.1 Å². The molecule has 0 unspecified atom stereocenters. The molecule has 0 saturated heterocycles. The number of allylic oxidation sites excluding steroid dienone is 1. The molecule has 0 radical (unpaired) electrons. The number of nitriles is 1. The molecule has 0 aliphatic carbocycles. The standard InChI is InChI=1S/C31H35F3N6O5/c1-20-26(28(42)44-4)27(25-9-8-21(18-35)16-22(25)10-11-40(2,3)12-14-45-15-13-41)39-29(36-37-30(39)43)38(20)24-7-5-6-23(17-24)31(33,34)19-32/h5-9,16-17,27,41H,10-15,19H2,1-4H3/p+1/t27-/m1/s1. The number of aliphatic hydroxyl groups excluding tert-OH is 1. The number of halogens is 3. The van der Waals surface area contributed by atoms with Crippen molar-refractivity contribution in [1.29, 1.82) is 5.26 Å². The third-order valence-corrected chi connectivity index (χ3v) is 7.87. The average Bonchev–Trinajstić information content (AvgIpc) is 3.41. The zero-order chi connectivity index (χ0) is 32.9. The highest BCUT2D eigenvalue weighted by Crippen LogP contribution is 2.43. The fraction of sp³-hybridized carbons (Fsp3) is 0.419. The van der Waals surface area contributed by atoms with E-state index in [2.05, 4.69) is 16.3 Å². The summed E-state index contributed by atoms with van der Waals surface area (Å²) >= 11 is 0. The Kier molecular flexibility index (Phi) is 10.2. The van der Waals surface area contributed by atoms with Crippen LogP contribution >= 0.6 is 0 Å². The van der Waals surface area contributed by atoms with Crippen LogP contribution in [0.5, 0.6) is 0 Å². The molecule has 2 aromatic carbocycles. The summed E-state index contributed by atoms with van der Waals surface area (Å²) in [5.74, 6) is -4.50. The molecule has 0 fully saturated rings. The van der Waals surface area contributed by atoms with Crippen molar-refractivity contribution in [3.8, 4) is 6.07 Å². The number of H-pyrrole nitrogens is 1. The summed E-state index contributed by atoms with van der Waals surface area (Å²) in [6.07, 6.45) is 0.452. The molecule has 2 N–H and O–H groups in total. The van der Waals surface area contributed by atoms with Crippen molar-refractivity contribution in [2.75, 3.05) is 65.7 Å². The van der Waals surface area contributed by atoms with E-state index in [-0.39, 0.29) is 36.1 Å². The number of fused-ring (bicyclic) bond motifs is 1. The highest BCUT2D eigenvalue weighted by Gasteiger charge is 2.41. The molecule has 14 heteroatoms. The second kappa shape index (κ2) is 13.7. The second-order valence-electron chi connectivity index (χ2n) is 11.3. The van der Waals surface area contributed by atoms with Crippen LogP contribution in [0, 0.1) is 11.3 Å². The number of ether oxygens (including phenoxy) is 2.